The second-order valence-corrected chi connectivity index (χ2v) is 11.6. The molecule has 3 heterocycles. The predicted molar refractivity (Wildman–Crippen MR) is 168 cm³/mol. The molecule has 0 N–H and O–H groups in total. The van der Waals surface area contributed by atoms with Gasteiger partial charge in [-0.3, -0.25) is 14.6 Å². The van der Waals surface area contributed by atoms with E-state index in [9.17, 15) is 14.4 Å². The van der Waals surface area contributed by atoms with Gasteiger partial charge in [-0.2, -0.15) is 0 Å². The summed E-state index contributed by atoms with van der Waals surface area (Å²) in [5.41, 5.74) is 3.90. The van der Waals surface area contributed by atoms with Crippen molar-refractivity contribution in [3.63, 3.8) is 0 Å². The van der Waals surface area contributed by atoms with Crippen LogP contribution in [0.15, 0.2) is 64.2 Å². The van der Waals surface area contributed by atoms with Crippen molar-refractivity contribution in [2.24, 2.45) is 0 Å². The summed E-state index contributed by atoms with van der Waals surface area (Å²) in [7, 11) is 1.70. The van der Waals surface area contributed by atoms with Crippen LogP contribution in [0.5, 0.6) is 0 Å². The van der Waals surface area contributed by atoms with Gasteiger partial charge in [-0.05, 0) is 60.1 Å². The fourth-order valence-electron chi connectivity index (χ4n) is 4.68. The molecule has 0 aliphatic carbocycles. The molecule has 1 aromatic carbocycles. The number of likely N-dealkylation sites (N-methyl/N-ethyl adjacent to an activating group) is 1. The van der Waals surface area contributed by atoms with Gasteiger partial charge in [-0.1, -0.05) is 29.4 Å². The lowest BCUT2D eigenvalue weighted by Gasteiger charge is -2.24. The zero-order chi connectivity index (χ0) is 32.2. The summed E-state index contributed by atoms with van der Waals surface area (Å²) in [5, 5.41) is 4.25. The number of hydrogen-bond donors (Lipinski definition) is 0. The number of carbonyl (C=O) groups is 2. The van der Waals surface area contributed by atoms with Crippen molar-refractivity contribution in [2.45, 2.75) is 66.7 Å². The number of rotatable bonds is 9. The number of ether oxygens (including phenoxy) is 1. The maximum atomic E-state index is 12.9. The van der Waals surface area contributed by atoms with Crippen LogP contribution in [-0.2, 0) is 16.1 Å². The summed E-state index contributed by atoms with van der Waals surface area (Å²) in [6.07, 6.45) is 2.89. The Morgan fingerprint density at radius 1 is 1.02 bits per heavy atom. The van der Waals surface area contributed by atoms with E-state index in [1.807, 2.05) is 65.8 Å². The molecule has 4 aromatic rings. The number of carbonyl (C=O) groups excluding carboxylic acids is 2. The third kappa shape index (κ3) is 7.39. The fraction of sp³-hybridized carbons (Fsp3) is 0.394. The molecule has 4 rings (SSSR count). The molecule has 11 nitrogen and oxygen atoms in total. The molecule has 232 valence electrons. The molecule has 11 heteroatoms. The van der Waals surface area contributed by atoms with Crippen molar-refractivity contribution in [3.05, 3.63) is 76.5 Å². The highest BCUT2D eigenvalue weighted by Crippen LogP contribution is 2.29. The number of hydrogen-bond acceptors (Lipinski definition) is 8. The van der Waals surface area contributed by atoms with Crippen molar-refractivity contribution >= 4 is 12.0 Å². The van der Waals surface area contributed by atoms with Crippen molar-refractivity contribution in [1.29, 1.82) is 0 Å². The van der Waals surface area contributed by atoms with Crippen LogP contribution in [0, 0.1) is 6.92 Å². The lowest BCUT2D eigenvalue weighted by atomic mass is 10.1. The molecule has 0 fully saturated rings. The molecule has 3 aromatic heterocycles. The van der Waals surface area contributed by atoms with E-state index in [-0.39, 0.29) is 17.6 Å². The molecule has 1 unspecified atom stereocenters. The van der Waals surface area contributed by atoms with Gasteiger partial charge in [0.2, 0.25) is 5.91 Å². The normalized spacial score (nSPS) is 12.1. The Bertz CT molecular complexity index is 1680. The van der Waals surface area contributed by atoms with Crippen molar-refractivity contribution in [3.8, 4) is 34.0 Å². The number of benzene rings is 1. The number of amides is 2. The number of nitrogens with zero attached hydrogens (tertiary/aromatic N) is 6. The van der Waals surface area contributed by atoms with Crippen LogP contribution >= 0.6 is 0 Å². The molecule has 0 saturated heterocycles. The van der Waals surface area contributed by atoms with Gasteiger partial charge in [0.1, 0.15) is 23.0 Å². The monoisotopic (exact) mass is 600 g/mol. The molecule has 0 aliphatic rings. The summed E-state index contributed by atoms with van der Waals surface area (Å²) < 4.78 is 12.5. The Morgan fingerprint density at radius 3 is 2.32 bits per heavy atom. The quantitative estimate of drug-likeness (QED) is 0.239. The molecule has 0 spiro atoms. The predicted octanol–water partition coefficient (Wildman–Crippen LogP) is 5.73. The SMILES string of the molecule is CCN(CC)C(=O)C(C)n1cc(-c2cnc(C)c(-c3cc(-c4ccc(CN(C)C(=O)OC(C)(C)C)cc4)no3)n2)ccc1=O. The molecule has 0 saturated carbocycles. The summed E-state index contributed by atoms with van der Waals surface area (Å²) in [6.45, 7) is 14.4. The minimum absolute atomic E-state index is 0.123. The minimum atomic E-state index is -0.666. The topological polar surface area (TPSA) is 124 Å². The highest BCUT2D eigenvalue weighted by molar-refractivity contribution is 5.80. The van der Waals surface area contributed by atoms with E-state index in [1.165, 1.54) is 15.5 Å². The first-order valence-corrected chi connectivity index (χ1v) is 14.7. The lowest BCUT2D eigenvalue weighted by Crippen LogP contribution is -2.38. The molecule has 2 amide bonds. The Labute approximate surface area is 257 Å². The minimum Gasteiger partial charge on any atom is -0.444 e. The number of pyridine rings is 1. The van der Waals surface area contributed by atoms with Crippen molar-refractivity contribution < 1.29 is 18.8 Å². The standard InChI is InChI=1S/C33H40N6O5/c1-9-38(10-2)31(41)22(4)39-20-25(15-16-29(39)40)27-18-34-21(3)30(35-27)28-17-26(36-44-28)24-13-11-23(12-14-24)19-37(8)32(42)43-33(5,6)7/h11-18,20,22H,9-10,19H2,1-8H3. The molecule has 0 radical (unpaired) electrons. The molecule has 1 atom stereocenters. The molecular weight excluding hydrogens is 560 g/mol. The van der Waals surface area contributed by atoms with E-state index in [0.717, 1.165) is 11.1 Å². The second kappa shape index (κ2) is 13.2. The van der Waals surface area contributed by atoms with Gasteiger partial charge in [0.15, 0.2) is 5.76 Å². The van der Waals surface area contributed by atoms with Gasteiger partial charge < -0.3 is 23.6 Å². The van der Waals surface area contributed by atoms with E-state index in [0.29, 0.717) is 53.7 Å². The van der Waals surface area contributed by atoms with Gasteiger partial charge in [-0.25, -0.2) is 9.78 Å². The van der Waals surface area contributed by atoms with Crippen molar-refractivity contribution in [1.82, 2.24) is 29.5 Å². The Hall–Kier alpha value is -4.80. The zero-order valence-corrected chi connectivity index (χ0v) is 26.6. The van der Waals surface area contributed by atoms with Gasteiger partial charge in [0.05, 0.1) is 17.6 Å². The fourth-order valence-corrected chi connectivity index (χ4v) is 4.68. The maximum Gasteiger partial charge on any atom is 0.410 e. The Balaban J connectivity index is 1.55. The van der Waals surface area contributed by atoms with Crippen molar-refractivity contribution in [2.75, 3.05) is 20.1 Å². The van der Waals surface area contributed by atoms with E-state index in [1.54, 1.807) is 43.4 Å². The molecule has 44 heavy (non-hydrogen) atoms. The highest BCUT2D eigenvalue weighted by Gasteiger charge is 2.22. The Kier molecular flexibility index (Phi) is 9.66. The average Bonchev–Trinajstić information content (AvgIpc) is 3.47. The number of aromatic nitrogens is 4. The van der Waals surface area contributed by atoms with Gasteiger partial charge in [0.25, 0.3) is 5.56 Å². The summed E-state index contributed by atoms with van der Waals surface area (Å²) in [4.78, 5) is 50.5. The molecular formula is C33H40N6O5. The summed E-state index contributed by atoms with van der Waals surface area (Å²) in [5.74, 6) is 0.321. The first kappa shape index (κ1) is 32.1. The van der Waals surface area contributed by atoms with E-state index in [2.05, 4.69) is 10.1 Å². The third-order valence-electron chi connectivity index (χ3n) is 7.16. The molecule has 0 bridgehead atoms. The van der Waals surface area contributed by atoms with Gasteiger partial charge in [-0.15, -0.1) is 0 Å². The van der Waals surface area contributed by atoms with Crippen LogP contribution in [0.2, 0.25) is 0 Å². The molecule has 0 aliphatic heterocycles. The summed E-state index contributed by atoms with van der Waals surface area (Å²) >= 11 is 0. The first-order chi connectivity index (χ1) is 20.8. The first-order valence-electron chi connectivity index (χ1n) is 14.7. The van der Waals surface area contributed by atoms with Gasteiger partial charge >= 0.3 is 6.09 Å². The highest BCUT2D eigenvalue weighted by atomic mass is 16.6. The van der Waals surface area contributed by atoms with Crippen LogP contribution in [0.4, 0.5) is 4.79 Å². The third-order valence-corrected chi connectivity index (χ3v) is 7.16. The van der Waals surface area contributed by atoms with Crippen LogP contribution in [-0.4, -0.2) is 67.2 Å². The average molecular weight is 601 g/mol. The summed E-state index contributed by atoms with van der Waals surface area (Å²) in [6, 6.07) is 11.9. The van der Waals surface area contributed by atoms with E-state index >= 15 is 0 Å². The van der Waals surface area contributed by atoms with E-state index in [4.69, 9.17) is 14.2 Å². The Morgan fingerprint density at radius 2 is 1.68 bits per heavy atom. The van der Waals surface area contributed by atoms with Crippen LogP contribution < -0.4 is 5.56 Å². The number of aryl methyl sites for hydroxylation is 1. The van der Waals surface area contributed by atoms with Gasteiger partial charge in [0, 0.05) is 56.1 Å². The zero-order valence-electron chi connectivity index (χ0n) is 26.6. The smallest absolute Gasteiger partial charge is 0.410 e. The lowest BCUT2D eigenvalue weighted by molar-refractivity contribution is -0.133. The largest absolute Gasteiger partial charge is 0.444 e. The second-order valence-electron chi connectivity index (χ2n) is 11.6. The van der Waals surface area contributed by atoms with Crippen LogP contribution in [0.3, 0.4) is 0 Å². The van der Waals surface area contributed by atoms with Crippen LogP contribution in [0.1, 0.15) is 58.8 Å². The van der Waals surface area contributed by atoms with E-state index < -0.39 is 11.6 Å². The maximum absolute atomic E-state index is 12.9. The van der Waals surface area contributed by atoms with Crippen LogP contribution in [0.25, 0.3) is 34.0 Å².